The average molecular weight is 215 g/mol. The number of halogens is 2. The summed E-state index contributed by atoms with van der Waals surface area (Å²) in [5.41, 5.74) is 3.85. The number of hydrogen-bond donors (Lipinski definition) is 1. The van der Waals surface area contributed by atoms with Crippen LogP contribution in [-0.2, 0) is 15.1 Å². The fourth-order valence-electron chi connectivity index (χ4n) is 1.15. The van der Waals surface area contributed by atoms with Crippen molar-refractivity contribution in [1.29, 1.82) is 0 Å². The van der Waals surface area contributed by atoms with Crippen molar-refractivity contribution >= 4 is 5.91 Å². The van der Waals surface area contributed by atoms with E-state index in [0.29, 0.717) is 0 Å². The Bertz CT molecular complexity index is 395. The Labute approximate surface area is 85.8 Å². The summed E-state index contributed by atoms with van der Waals surface area (Å²) in [7, 11) is 1.27. The maximum atomic E-state index is 12.9. The summed E-state index contributed by atoms with van der Waals surface area (Å²) in [6, 6.07) is 3.07. The standard InChI is InChI=1S/C10H11F2NO2/c1-10(15-2,9(13)14)6-3-4-7(11)8(12)5-6/h3-5H,1-2H3,(H2,13,14). The molecule has 0 heterocycles. The molecule has 2 N–H and O–H groups in total. The second-order valence-corrected chi connectivity index (χ2v) is 3.23. The number of amides is 1. The molecule has 0 saturated heterocycles. The Balaban J connectivity index is 3.25. The first-order valence-corrected chi connectivity index (χ1v) is 4.22. The van der Waals surface area contributed by atoms with Crippen molar-refractivity contribution in [2.24, 2.45) is 5.73 Å². The van der Waals surface area contributed by atoms with Crippen LogP contribution in [-0.4, -0.2) is 13.0 Å². The number of methoxy groups -OCH3 is 1. The van der Waals surface area contributed by atoms with Gasteiger partial charge >= 0.3 is 0 Å². The molecule has 1 aromatic carbocycles. The number of ether oxygens (including phenoxy) is 1. The number of rotatable bonds is 3. The van der Waals surface area contributed by atoms with E-state index in [1.54, 1.807) is 0 Å². The zero-order valence-electron chi connectivity index (χ0n) is 8.38. The van der Waals surface area contributed by atoms with Gasteiger partial charge in [-0.05, 0) is 24.6 Å². The van der Waals surface area contributed by atoms with Crippen molar-refractivity contribution in [2.75, 3.05) is 7.11 Å². The third-order valence-electron chi connectivity index (χ3n) is 2.35. The van der Waals surface area contributed by atoms with Gasteiger partial charge < -0.3 is 10.5 Å². The highest BCUT2D eigenvalue weighted by Crippen LogP contribution is 2.25. The molecule has 1 unspecified atom stereocenters. The predicted octanol–water partition coefficient (Wildman–Crippen LogP) is 1.31. The van der Waals surface area contributed by atoms with Crippen LogP contribution in [0, 0.1) is 11.6 Å². The molecule has 0 fully saturated rings. The zero-order valence-corrected chi connectivity index (χ0v) is 8.38. The Hall–Kier alpha value is -1.49. The minimum atomic E-state index is -1.45. The molecule has 3 nitrogen and oxygen atoms in total. The number of hydrogen-bond acceptors (Lipinski definition) is 2. The van der Waals surface area contributed by atoms with Gasteiger partial charge in [0.2, 0.25) is 0 Å². The van der Waals surface area contributed by atoms with E-state index >= 15 is 0 Å². The third kappa shape index (κ3) is 1.97. The summed E-state index contributed by atoms with van der Waals surface area (Å²) in [5.74, 6) is -2.80. The van der Waals surface area contributed by atoms with Crippen LogP contribution in [0.2, 0.25) is 0 Å². The summed E-state index contributed by atoms with van der Waals surface area (Å²) >= 11 is 0. The molecule has 0 aliphatic carbocycles. The number of carbonyl (C=O) groups excluding carboxylic acids is 1. The summed E-state index contributed by atoms with van der Waals surface area (Å²) in [6.07, 6.45) is 0. The quantitative estimate of drug-likeness (QED) is 0.826. The van der Waals surface area contributed by atoms with Crippen molar-refractivity contribution in [1.82, 2.24) is 0 Å². The fourth-order valence-corrected chi connectivity index (χ4v) is 1.15. The highest BCUT2D eigenvalue weighted by Gasteiger charge is 2.33. The lowest BCUT2D eigenvalue weighted by molar-refractivity contribution is -0.139. The summed E-state index contributed by atoms with van der Waals surface area (Å²) in [4.78, 5) is 11.1. The maximum Gasteiger partial charge on any atom is 0.254 e. The number of primary amides is 1. The van der Waals surface area contributed by atoms with Gasteiger partial charge in [0.15, 0.2) is 17.2 Å². The molecule has 1 aromatic rings. The van der Waals surface area contributed by atoms with Crippen LogP contribution in [0.25, 0.3) is 0 Å². The molecular weight excluding hydrogens is 204 g/mol. The molecule has 0 bridgehead atoms. The molecule has 1 atom stereocenters. The number of carbonyl (C=O) groups is 1. The molecule has 0 aliphatic rings. The van der Waals surface area contributed by atoms with Crippen LogP contribution in [0.5, 0.6) is 0 Å². The number of benzene rings is 1. The average Bonchev–Trinajstić information content (AvgIpc) is 2.20. The molecule has 82 valence electrons. The minimum absolute atomic E-state index is 0.177. The molecule has 1 amide bonds. The normalized spacial score (nSPS) is 14.7. The van der Waals surface area contributed by atoms with Crippen molar-refractivity contribution in [3.63, 3.8) is 0 Å². The van der Waals surface area contributed by atoms with Gasteiger partial charge in [0.05, 0.1) is 0 Å². The highest BCUT2D eigenvalue weighted by atomic mass is 19.2. The third-order valence-corrected chi connectivity index (χ3v) is 2.35. The smallest absolute Gasteiger partial charge is 0.254 e. The second-order valence-electron chi connectivity index (χ2n) is 3.23. The van der Waals surface area contributed by atoms with Crippen LogP contribution in [0.4, 0.5) is 8.78 Å². The van der Waals surface area contributed by atoms with E-state index in [4.69, 9.17) is 10.5 Å². The summed E-state index contributed by atoms with van der Waals surface area (Å²) in [6.45, 7) is 1.39. The van der Waals surface area contributed by atoms with Crippen LogP contribution in [0.3, 0.4) is 0 Å². The van der Waals surface area contributed by atoms with E-state index < -0.39 is 23.1 Å². The molecule has 0 spiro atoms. The minimum Gasteiger partial charge on any atom is -0.367 e. The SMILES string of the molecule is COC(C)(C(N)=O)c1ccc(F)c(F)c1. The van der Waals surface area contributed by atoms with Crippen LogP contribution >= 0.6 is 0 Å². The van der Waals surface area contributed by atoms with E-state index in [1.807, 2.05) is 0 Å². The summed E-state index contributed by atoms with van der Waals surface area (Å²) in [5, 5.41) is 0. The molecule has 5 heteroatoms. The van der Waals surface area contributed by atoms with Gasteiger partial charge in [0.25, 0.3) is 5.91 Å². The van der Waals surface area contributed by atoms with Gasteiger partial charge in [-0.3, -0.25) is 4.79 Å². The van der Waals surface area contributed by atoms with Gasteiger partial charge in [-0.2, -0.15) is 0 Å². The van der Waals surface area contributed by atoms with Crippen molar-refractivity contribution in [2.45, 2.75) is 12.5 Å². The van der Waals surface area contributed by atoms with Crippen molar-refractivity contribution in [3.05, 3.63) is 35.4 Å². The van der Waals surface area contributed by atoms with Gasteiger partial charge in [-0.15, -0.1) is 0 Å². The Kier molecular flexibility index (Phi) is 3.04. The lowest BCUT2D eigenvalue weighted by atomic mass is 9.95. The molecule has 0 aromatic heterocycles. The van der Waals surface area contributed by atoms with Gasteiger partial charge in [0.1, 0.15) is 0 Å². The topological polar surface area (TPSA) is 52.3 Å². The van der Waals surface area contributed by atoms with Crippen LogP contribution in [0.1, 0.15) is 12.5 Å². The van der Waals surface area contributed by atoms with Crippen molar-refractivity contribution in [3.8, 4) is 0 Å². The zero-order chi connectivity index (χ0) is 11.6. The molecular formula is C10H11F2NO2. The highest BCUT2D eigenvalue weighted by molar-refractivity contribution is 5.84. The fraction of sp³-hybridized carbons (Fsp3) is 0.300. The van der Waals surface area contributed by atoms with E-state index in [1.165, 1.54) is 20.1 Å². The predicted molar refractivity (Wildman–Crippen MR) is 49.9 cm³/mol. The monoisotopic (exact) mass is 215 g/mol. The Morgan fingerprint density at radius 3 is 2.40 bits per heavy atom. The molecule has 0 aliphatic heterocycles. The van der Waals surface area contributed by atoms with Crippen molar-refractivity contribution < 1.29 is 18.3 Å². The van der Waals surface area contributed by atoms with E-state index in [-0.39, 0.29) is 5.56 Å². The molecule has 1 rings (SSSR count). The van der Waals surface area contributed by atoms with Gasteiger partial charge in [-0.25, -0.2) is 8.78 Å². The van der Waals surface area contributed by atoms with Gasteiger partial charge in [0, 0.05) is 7.11 Å². The van der Waals surface area contributed by atoms with E-state index in [0.717, 1.165) is 12.1 Å². The number of nitrogens with two attached hydrogens (primary N) is 1. The lowest BCUT2D eigenvalue weighted by Gasteiger charge is -2.24. The maximum absolute atomic E-state index is 12.9. The van der Waals surface area contributed by atoms with E-state index in [9.17, 15) is 13.6 Å². The first-order chi connectivity index (χ1) is 6.91. The molecule has 15 heavy (non-hydrogen) atoms. The molecule has 0 saturated carbocycles. The first-order valence-electron chi connectivity index (χ1n) is 4.22. The molecule has 0 radical (unpaired) electrons. The van der Waals surface area contributed by atoms with Crippen LogP contribution < -0.4 is 5.73 Å². The lowest BCUT2D eigenvalue weighted by Crippen LogP contribution is -2.40. The Morgan fingerprint density at radius 2 is 2.00 bits per heavy atom. The van der Waals surface area contributed by atoms with Crippen LogP contribution in [0.15, 0.2) is 18.2 Å². The largest absolute Gasteiger partial charge is 0.367 e. The van der Waals surface area contributed by atoms with Gasteiger partial charge in [-0.1, -0.05) is 6.07 Å². The first kappa shape index (κ1) is 11.6. The second kappa shape index (κ2) is 3.94. The van der Waals surface area contributed by atoms with E-state index in [2.05, 4.69) is 0 Å². The Morgan fingerprint density at radius 1 is 1.40 bits per heavy atom. The summed E-state index contributed by atoms with van der Waals surface area (Å²) < 4.78 is 30.5.